The molecule has 21 heavy (non-hydrogen) atoms. The second-order valence-corrected chi connectivity index (χ2v) is 9.25. The van der Waals surface area contributed by atoms with Crippen molar-refractivity contribution in [3.05, 3.63) is 40.8 Å². The summed E-state index contributed by atoms with van der Waals surface area (Å²) in [5.74, 6) is 0. The van der Waals surface area contributed by atoms with Crippen molar-refractivity contribution in [2.24, 2.45) is 0 Å². The maximum atomic E-state index is 11.3. The van der Waals surface area contributed by atoms with E-state index in [9.17, 15) is 9.13 Å². The first-order valence-corrected chi connectivity index (χ1v) is 10.1. The topological polar surface area (TPSA) is 128 Å². The fraction of sp³-hybridized carbons (Fsp3) is 0.182. The van der Waals surface area contributed by atoms with Crippen LogP contribution in [0.4, 0.5) is 0 Å². The lowest BCUT2D eigenvalue weighted by Crippen LogP contribution is -2.13. The number of aromatic nitrogens is 1. The number of rotatable bonds is 5. The molecule has 0 saturated heterocycles. The van der Waals surface area contributed by atoms with Gasteiger partial charge in [-0.3, -0.25) is 14.1 Å². The molecule has 0 aliphatic rings. The van der Waals surface area contributed by atoms with Crippen LogP contribution in [0.5, 0.6) is 0 Å². The second-order valence-electron chi connectivity index (χ2n) is 4.46. The molecule has 2 aromatic rings. The predicted molar refractivity (Wildman–Crippen MR) is 79.1 cm³/mol. The van der Waals surface area contributed by atoms with Crippen LogP contribution in [0.15, 0.2) is 35.3 Å². The van der Waals surface area contributed by atoms with Crippen LogP contribution in [0, 0.1) is 0 Å². The highest BCUT2D eigenvalue weighted by Gasteiger charge is 2.43. The molecule has 0 aliphatic heterocycles. The highest BCUT2D eigenvalue weighted by atomic mass is 32.1. The molecule has 0 atom stereocenters. The van der Waals surface area contributed by atoms with Crippen molar-refractivity contribution in [1.29, 1.82) is 0 Å². The smallest absolute Gasteiger partial charge is 0.324 e. The number of hydrogen-bond acceptors (Lipinski definition) is 4. The minimum atomic E-state index is -4.93. The molecule has 0 aliphatic carbocycles. The molecule has 0 spiro atoms. The summed E-state index contributed by atoms with van der Waals surface area (Å²) < 4.78 is 22.6. The van der Waals surface area contributed by atoms with Crippen molar-refractivity contribution in [1.82, 2.24) is 4.98 Å². The van der Waals surface area contributed by atoms with Crippen molar-refractivity contribution in [3.63, 3.8) is 0 Å². The van der Waals surface area contributed by atoms with Gasteiger partial charge in [0.15, 0.2) is 5.40 Å². The molecular weight excluding hydrogens is 336 g/mol. The zero-order chi connectivity index (χ0) is 15.7. The Bertz CT molecular complexity index is 685. The maximum Gasteiger partial charge on any atom is 0.341 e. The average molecular weight is 349 g/mol. The van der Waals surface area contributed by atoms with Crippen molar-refractivity contribution in [2.45, 2.75) is 11.8 Å². The molecule has 0 amide bonds. The van der Waals surface area contributed by atoms with Gasteiger partial charge in [-0.25, -0.2) is 0 Å². The largest absolute Gasteiger partial charge is 0.341 e. The van der Waals surface area contributed by atoms with E-state index in [2.05, 4.69) is 4.98 Å². The lowest BCUT2D eigenvalue weighted by Gasteiger charge is -2.19. The number of thiophene rings is 1. The quantitative estimate of drug-likeness (QED) is 0.608. The highest BCUT2D eigenvalue weighted by Crippen LogP contribution is 2.60. The van der Waals surface area contributed by atoms with Gasteiger partial charge < -0.3 is 19.6 Å². The van der Waals surface area contributed by atoms with Gasteiger partial charge in [0.05, 0.1) is 0 Å². The second kappa shape index (κ2) is 6.10. The Labute approximate surface area is 124 Å². The molecule has 0 fully saturated rings. The Morgan fingerprint density at radius 3 is 2.29 bits per heavy atom. The van der Waals surface area contributed by atoms with Crippen molar-refractivity contribution in [3.8, 4) is 11.1 Å². The maximum absolute atomic E-state index is 11.3. The van der Waals surface area contributed by atoms with E-state index in [0.717, 1.165) is 11.1 Å². The molecule has 7 nitrogen and oxygen atoms in total. The van der Waals surface area contributed by atoms with Gasteiger partial charge >= 0.3 is 15.2 Å². The Morgan fingerprint density at radius 2 is 1.76 bits per heavy atom. The molecule has 0 bridgehead atoms. The van der Waals surface area contributed by atoms with E-state index >= 15 is 0 Å². The van der Waals surface area contributed by atoms with Gasteiger partial charge in [0.1, 0.15) is 0 Å². The summed E-state index contributed by atoms with van der Waals surface area (Å²) in [5, 5.41) is 1.70. The summed E-state index contributed by atoms with van der Waals surface area (Å²) in [5.41, 5.74) is 1.97. The first kappa shape index (κ1) is 16.5. The van der Waals surface area contributed by atoms with Gasteiger partial charge in [0.25, 0.3) is 0 Å². The van der Waals surface area contributed by atoms with Crippen LogP contribution in [0.2, 0.25) is 0 Å². The van der Waals surface area contributed by atoms with E-state index < -0.39 is 27.0 Å². The van der Waals surface area contributed by atoms with Crippen LogP contribution in [0.25, 0.3) is 11.1 Å². The van der Waals surface area contributed by atoms with E-state index in [0.29, 0.717) is 5.56 Å². The number of nitrogens with zero attached hydrogens (tertiary/aromatic N) is 1. The SMILES string of the molecule is O=P(O)(O)C(Cc1cncc(-c2ccsc2)c1)P(=O)(O)O. The van der Waals surface area contributed by atoms with Crippen LogP contribution in [0.1, 0.15) is 5.56 Å². The molecule has 10 heteroatoms. The fourth-order valence-electron chi connectivity index (χ4n) is 1.83. The van der Waals surface area contributed by atoms with Gasteiger partial charge in [-0.05, 0) is 40.4 Å². The first-order valence-electron chi connectivity index (χ1n) is 5.75. The third-order valence-corrected chi connectivity index (χ3v) is 7.25. The van der Waals surface area contributed by atoms with Crippen LogP contribution >= 0.6 is 26.5 Å². The Morgan fingerprint density at radius 1 is 1.10 bits per heavy atom. The molecule has 114 valence electrons. The van der Waals surface area contributed by atoms with Crippen LogP contribution in [-0.2, 0) is 15.6 Å². The molecule has 0 unspecified atom stereocenters. The van der Waals surface area contributed by atoms with E-state index in [1.165, 1.54) is 17.5 Å². The molecule has 4 N–H and O–H groups in total. The molecule has 0 saturated carbocycles. The normalized spacial score (nSPS) is 12.8. The predicted octanol–water partition coefficient (Wildman–Crippen LogP) is 2.03. The first-order chi connectivity index (χ1) is 9.68. The van der Waals surface area contributed by atoms with E-state index in [1.54, 1.807) is 12.3 Å². The Hall–Kier alpha value is -0.850. The average Bonchev–Trinajstić information content (AvgIpc) is 2.87. The summed E-state index contributed by atoms with van der Waals surface area (Å²) >= 11 is 1.49. The standard InChI is InChI=1S/C11H13NO6P2S/c13-19(14,15)11(20(16,17)18)4-8-3-10(6-12-5-8)9-1-2-21-7-9/h1-3,5-7,11H,4H2,(H2,13,14,15)(H2,16,17,18). The van der Waals surface area contributed by atoms with Crippen LogP contribution in [0.3, 0.4) is 0 Å². The zero-order valence-electron chi connectivity index (χ0n) is 10.6. The van der Waals surface area contributed by atoms with Gasteiger partial charge in [-0.15, -0.1) is 0 Å². The van der Waals surface area contributed by atoms with Crippen LogP contribution in [-0.4, -0.2) is 30.0 Å². The van der Waals surface area contributed by atoms with E-state index in [4.69, 9.17) is 19.6 Å². The van der Waals surface area contributed by atoms with Crippen LogP contribution < -0.4 is 0 Å². The number of pyridine rings is 1. The monoisotopic (exact) mass is 349 g/mol. The van der Waals surface area contributed by atoms with Gasteiger partial charge in [-0.2, -0.15) is 11.3 Å². The minimum Gasteiger partial charge on any atom is -0.324 e. The van der Waals surface area contributed by atoms with Crippen molar-refractivity contribution in [2.75, 3.05) is 0 Å². The lowest BCUT2D eigenvalue weighted by molar-refractivity contribution is 0.338. The molecule has 2 rings (SSSR count). The molecule has 2 aromatic heterocycles. The lowest BCUT2D eigenvalue weighted by atomic mass is 10.1. The molecule has 0 aromatic carbocycles. The molecular formula is C11H13NO6P2S. The summed E-state index contributed by atoms with van der Waals surface area (Å²) in [7, 11) is -9.85. The molecule has 2 heterocycles. The van der Waals surface area contributed by atoms with Gasteiger partial charge in [-0.1, -0.05) is 0 Å². The summed E-state index contributed by atoms with van der Waals surface area (Å²) in [6, 6.07) is 3.47. The minimum absolute atomic E-state index is 0.357. The van der Waals surface area contributed by atoms with E-state index in [-0.39, 0.29) is 0 Å². The third-order valence-electron chi connectivity index (χ3n) is 2.84. The molecule has 0 radical (unpaired) electrons. The summed E-state index contributed by atoms with van der Waals surface area (Å²) in [6.07, 6.45) is 2.48. The summed E-state index contributed by atoms with van der Waals surface area (Å²) in [6.45, 7) is 0. The fourth-order valence-corrected chi connectivity index (χ4v) is 4.96. The van der Waals surface area contributed by atoms with Gasteiger partial charge in [0.2, 0.25) is 0 Å². The zero-order valence-corrected chi connectivity index (χ0v) is 13.2. The Balaban J connectivity index is 2.32. The van der Waals surface area contributed by atoms with Gasteiger partial charge in [0, 0.05) is 18.0 Å². The summed E-state index contributed by atoms with van der Waals surface area (Å²) in [4.78, 5) is 40.5. The van der Waals surface area contributed by atoms with Crippen molar-refractivity contribution < 1.29 is 28.7 Å². The van der Waals surface area contributed by atoms with E-state index in [1.807, 2.05) is 16.8 Å². The highest BCUT2D eigenvalue weighted by molar-refractivity contribution is 7.70. The Kier molecular flexibility index (Phi) is 4.80. The third kappa shape index (κ3) is 4.31. The number of hydrogen-bond donors (Lipinski definition) is 4. The van der Waals surface area contributed by atoms with Crippen molar-refractivity contribution >= 4 is 26.5 Å².